The van der Waals surface area contributed by atoms with Gasteiger partial charge in [0.05, 0.1) is 6.21 Å². The van der Waals surface area contributed by atoms with E-state index in [4.69, 9.17) is 4.74 Å². The second-order valence-corrected chi connectivity index (χ2v) is 7.99. The van der Waals surface area contributed by atoms with Crippen LogP contribution in [0.1, 0.15) is 11.1 Å². The molecule has 0 radical (unpaired) electrons. The highest BCUT2D eigenvalue weighted by molar-refractivity contribution is 9.10. The molecule has 3 aromatic rings. The zero-order valence-corrected chi connectivity index (χ0v) is 19.7. The normalized spacial score (nSPS) is 10.5. The summed E-state index contributed by atoms with van der Waals surface area (Å²) < 4.78 is 6.36. The first kappa shape index (κ1) is 24.7. The SMILES string of the molecule is O=C(COc1ccc(Br)cc1/C=N\NC(=O)C(=O)NCCc1ccccc1)Nc1ccccc1. The van der Waals surface area contributed by atoms with Gasteiger partial charge < -0.3 is 15.4 Å². The molecule has 0 atom stereocenters. The minimum atomic E-state index is -0.885. The van der Waals surface area contributed by atoms with Crippen molar-refractivity contribution in [3.8, 4) is 5.75 Å². The first-order valence-electron chi connectivity index (χ1n) is 10.4. The van der Waals surface area contributed by atoms with Crippen LogP contribution in [0.4, 0.5) is 5.69 Å². The van der Waals surface area contributed by atoms with Gasteiger partial charge in [-0.25, -0.2) is 5.43 Å². The maximum Gasteiger partial charge on any atom is 0.329 e. The van der Waals surface area contributed by atoms with Crippen LogP contribution in [0.5, 0.6) is 5.75 Å². The molecule has 0 saturated heterocycles. The van der Waals surface area contributed by atoms with Gasteiger partial charge >= 0.3 is 11.8 Å². The summed E-state index contributed by atoms with van der Waals surface area (Å²) in [7, 11) is 0. The van der Waals surface area contributed by atoms with E-state index in [1.54, 1.807) is 30.3 Å². The number of carbonyl (C=O) groups is 3. The standard InChI is InChI=1S/C25H23BrN4O4/c26-20-11-12-22(34-17-23(31)29-21-9-5-2-6-10-21)19(15-20)16-28-30-25(33)24(32)27-14-13-18-7-3-1-4-8-18/h1-12,15-16H,13-14,17H2,(H,27,32)(H,29,31)(H,30,33)/b28-16-. The average molecular weight is 523 g/mol. The number of amides is 3. The molecule has 9 heteroatoms. The van der Waals surface area contributed by atoms with E-state index in [9.17, 15) is 14.4 Å². The quantitative estimate of drug-likeness (QED) is 0.227. The van der Waals surface area contributed by atoms with Crippen LogP contribution in [0.25, 0.3) is 0 Å². The van der Waals surface area contributed by atoms with Gasteiger partial charge in [0, 0.05) is 22.3 Å². The molecular weight excluding hydrogens is 500 g/mol. The molecule has 0 bridgehead atoms. The first-order valence-corrected chi connectivity index (χ1v) is 11.2. The van der Waals surface area contributed by atoms with Gasteiger partial charge in [-0.3, -0.25) is 14.4 Å². The number of para-hydroxylation sites is 1. The summed E-state index contributed by atoms with van der Waals surface area (Å²) in [5.41, 5.74) is 4.42. The molecule has 3 N–H and O–H groups in total. The van der Waals surface area contributed by atoms with E-state index in [0.717, 1.165) is 10.0 Å². The van der Waals surface area contributed by atoms with Crippen molar-refractivity contribution in [2.24, 2.45) is 5.10 Å². The van der Waals surface area contributed by atoms with E-state index >= 15 is 0 Å². The van der Waals surface area contributed by atoms with E-state index < -0.39 is 11.8 Å². The van der Waals surface area contributed by atoms with Crippen molar-refractivity contribution >= 4 is 45.6 Å². The van der Waals surface area contributed by atoms with Crippen molar-refractivity contribution in [2.45, 2.75) is 6.42 Å². The molecule has 174 valence electrons. The number of nitrogens with zero attached hydrogens (tertiary/aromatic N) is 1. The zero-order chi connectivity index (χ0) is 24.2. The summed E-state index contributed by atoms with van der Waals surface area (Å²) in [6.07, 6.45) is 1.95. The summed E-state index contributed by atoms with van der Waals surface area (Å²) in [5.74, 6) is -1.60. The predicted molar refractivity (Wildman–Crippen MR) is 134 cm³/mol. The molecule has 0 aliphatic carbocycles. The van der Waals surface area contributed by atoms with Crippen LogP contribution in [0.15, 0.2) is 88.4 Å². The van der Waals surface area contributed by atoms with Crippen LogP contribution >= 0.6 is 15.9 Å². The van der Waals surface area contributed by atoms with Gasteiger partial charge in [-0.2, -0.15) is 5.10 Å². The fraction of sp³-hybridized carbons (Fsp3) is 0.120. The van der Waals surface area contributed by atoms with Gasteiger partial charge in [-0.05, 0) is 42.3 Å². The number of halogens is 1. The van der Waals surface area contributed by atoms with Crippen molar-refractivity contribution in [1.29, 1.82) is 0 Å². The maximum absolute atomic E-state index is 12.1. The van der Waals surface area contributed by atoms with Gasteiger partial charge in [-0.15, -0.1) is 0 Å². The number of nitrogens with one attached hydrogen (secondary N) is 3. The monoisotopic (exact) mass is 522 g/mol. The molecule has 3 aromatic carbocycles. The Bertz CT molecular complexity index is 1150. The number of benzene rings is 3. The lowest BCUT2D eigenvalue weighted by Crippen LogP contribution is -2.38. The number of hydrazone groups is 1. The van der Waals surface area contributed by atoms with E-state index in [1.165, 1.54) is 6.21 Å². The van der Waals surface area contributed by atoms with E-state index in [-0.39, 0.29) is 12.5 Å². The second kappa shape index (κ2) is 12.9. The number of rotatable bonds is 9. The van der Waals surface area contributed by atoms with Crippen LogP contribution in [-0.4, -0.2) is 37.1 Å². The van der Waals surface area contributed by atoms with Gasteiger partial charge in [-0.1, -0.05) is 64.5 Å². The molecule has 34 heavy (non-hydrogen) atoms. The molecule has 3 rings (SSSR count). The molecular formula is C25H23BrN4O4. The van der Waals surface area contributed by atoms with Crippen LogP contribution in [0.3, 0.4) is 0 Å². The van der Waals surface area contributed by atoms with Crippen LogP contribution in [-0.2, 0) is 20.8 Å². The van der Waals surface area contributed by atoms with Crippen LogP contribution in [0, 0.1) is 0 Å². The zero-order valence-electron chi connectivity index (χ0n) is 18.2. The number of hydrogen-bond acceptors (Lipinski definition) is 5. The van der Waals surface area contributed by atoms with Crippen molar-refractivity contribution in [3.05, 3.63) is 94.5 Å². The second-order valence-electron chi connectivity index (χ2n) is 7.08. The molecule has 0 unspecified atom stereocenters. The molecule has 0 aliphatic rings. The van der Waals surface area contributed by atoms with E-state index in [1.807, 2.05) is 48.5 Å². The van der Waals surface area contributed by atoms with Gasteiger partial charge in [0.2, 0.25) is 0 Å². The number of hydrogen-bond donors (Lipinski definition) is 3. The topological polar surface area (TPSA) is 109 Å². The minimum Gasteiger partial charge on any atom is -0.483 e. The lowest BCUT2D eigenvalue weighted by Gasteiger charge is -2.10. The van der Waals surface area contributed by atoms with Crippen LogP contribution < -0.4 is 20.8 Å². The number of anilines is 1. The summed E-state index contributed by atoms with van der Waals surface area (Å²) in [6.45, 7) is 0.113. The fourth-order valence-electron chi connectivity index (χ4n) is 2.87. The third kappa shape index (κ3) is 8.18. The summed E-state index contributed by atoms with van der Waals surface area (Å²) in [4.78, 5) is 36.1. The highest BCUT2D eigenvalue weighted by atomic mass is 79.9. The molecule has 0 aromatic heterocycles. The third-order valence-corrected chi connectivity index (χ3v) is 5.00. The van der Waals surface area contributed by atoms with Gasteiger partial charge in [0.1, 0.15) is 5.75 Å². The predicted octanol–water partition coefficient (Wildman–Crippen LogP) is 3.28. The van der Waals surface area contributed by atoms with Crippen molar-refractivity contribution in [2.75, 3.05) is 18.5 Å². The average Bonchev–Trinajstić information content (AvgIpc) is 2.84. The summed E-state index contributed by atoms with van der Waals surface area (Å²) in [6, 6.07) is 23.8. The third-order valence-electron chi connectivity index (χ3n) is 4.51. The Morgan fingerprint density at radius 3 is 2.35 bits per heavy atom. The van der Waals surface area contributed by atoms with Gasteiger partial charge in [0.15, 0.2) is 6.61 Å². The highest BCUT2D eigenvalue weighted by Gasteiger charge is 2.12. The van der Waals surface area contributed by atoms with Crippen molar-refractivity contribution < 1.29 is 19.1 Å². The van der Waals surface area contributed by atoms with Crippen molar-refractivity contribution in [1.82, 2.24) is 10.7 Å². The van der Waals surface area contributed by atoms with E-state index in [2.05, 4.69) is 37.1 Å². The van der Waals surface area contributed by atoms with Crippen LogP contribution in [0.2, 0.25) is 0 Å². The first-order chi connectivity index (χ1) is 16.5. The minimum absolute atomic E-state index is 0.215. The largest absolute Gasteiger partial charge is 0.483 e. The lowest BCUT2D eigenvalue weighted by atomic mass is 10.1. The molecule has 0 aliphatic heterocycles. The summed E-state index contributed by atoms with van der Waals surface area (Å²) >= 11 is 3.36. The number of ether oxygens (including phenoxy) is 1. The Labute approximate surface area is 205 Å². The van der Waals surface area contributed by atoms with E-state index in [0.29, 0.717) is 30.0 Å². The molecule has 3 amide bonds. The molecule has 0 spiro atoms. The Balaban J connectivity index is 1.49. The Kier molecular flexibility index (Phi) is 9.36. The van der Waals surface area contributed by atoms with Crippen molar-refractivity contribution in [3.63, 3.8) is 0 Å². The highest BCUT2D eigenvalue weighted by Crippen LogP contribution is 2.22. The van der Waals surface area contributed by atoms with Gasteiger partial charge in [0.25, 0.3) is 5.91 Å². The molecule has 0 saturated carbocycles. The molecule has 0 fully saturated rings. The molecule has 0 heterocycles. The smallest absolute Gasteiger partial charge is 0.329 e. The Morgan fingerprint density at radius 1 is 0.912 bits per heavy atom. The lowest BCUT2D eigenvalue weighted by molar-refractivity contribution is -0.139. The molecule has 8 nitrogen and oxygen atoms in total. The summed E-state index contributed by atoms with van der Waals surface area (Å²) in [5, 5.41) is 9.12. The maximum atomic E-state index is 12.1. The Hall–Kier alpha value is -3.98. The fourth-order valence-corrected chi connectivity index (χ4v) is 3.25. The number of carbonyl (C=O) groups excluding carboxylic acids is 3. The Morgan fingerprint density at radius 2 is 1.62 bits per heavy atom.